The molecule has 9 nitrogen and oxygen atoms in total. The zero-order valence-corrected chi connectivity index (χ0v) is 18.1. The van der Waals surface area contributed by atoms with Gasteiger partial charge in [0.05, 0.1) is 16.3 Å². The molecule has 1 aromatic carbocycles. The smallest absolute Gasteiger partial charge is 0.243 e. The van der Waals surface area contributed by atoms with E-state index < -0.39 is 12.1 Å². The zero-order valence-electron chi connectivity index (χ0n) is 17.3. The summed E-state index contributed by atoms with van der Waals surface area (Å²) in [6, 6.07) is 6.26. The molecule has 31 heavy (non-hydrogen) atoms. The average Bonchev–Trinajstić information content (AvgIpc) is 3.19. The van der Waals surface area contributed by atoms with Gasteiger partial charge in [0.15, 0.2) is 11.0 Å². The second-order valence-corrected chi connectivity index (χ2v) is 9.17. The summed E-state index contributed by atoms with van der Waals surface area (Å²) in [7, 11) is 0. The molecule has 1 aliphatic carbocycles. The molecule has 2 heterocycles. The minimum Gasteiger partial charge on any atom is -0.370 e. The van der Waals surface area contributed by atoms with Gasteiger partial charge in [-0.05, 0) is 43.2 Å². The Kier molecular flexibility index (Phi) is 5.90. The number of aromatic nitrogens is 1. The molecule has 2 aromatic rings. The summed E-state index contributed by atoms with van der Waals surface area (Å²) in [6.07, 6.45) is 1.84. The lowest BCUT2D eigenvalue weighted by atomic mass is 10.0. The Bertz CT molecular complexity index is 1010. The van der Waals surface area contributed by atoms with E-state index in [-0.39, 0.29) is 29.5 Å². The molecule has 0 bridgehead atoms. The van der Waals surface area contributed by atoms with E-state index in [1.54, 1.807) is 4.90 Å². The maximum absolute atomic E-state index is 13.3. The topological polar surface area (TPSA) is 144 Å². The van der Waals surface area contributed by atoms with Gasteiger partial charge in [0.1, 0.15) is 6.04 Å². The van der Waals surface area contributed by atoms with E-state index in [9.17, 15) is 14.4 Å². The van der Waals surface area contributed by atoms with E-state index in [4.69, 9.17) is 11.5 Å². The number of benzene rings is 1. The lowest BCUT2D eigenvalue weighted by Crippen LogP contribution is -2.52. The number of hydrogen-bond acceptors (Lipinski definition) is 6. The van der Waals surface area contributed by atoms with Crippen LogP contribution in [0.3, 0.4) is 0 Å². The van der Waals surface area contributed by atoms with Crippen LogP contribution >= 0.6 is 11.3 Å². The summed E-state index contributed by atoms with van der Waals surface area (Å²) >= 11 is 1.31. The average molecular weight is 443 g/mol. The van der Waals surface area contributed by atoms with Gasteiger partial charge < -0.3 is 21.7 Å². The molecular formula is C21H26N6O3S. The molecule has 164 valence electrons. The predicted octanol–water partition coefficient (Wildman–Crippen LogP) is 0.884. The van der Waals surface area contributed by atoms with Gasteiger partial charge in [-0.25, -0.2) is 4.98 Å². The number of para-hydroxylation sites is 1. The largest absolute Gasteiger partial charge is 0.370 e. The monoisotopic (exact) mass is 442 g/mol. The normalized spacial score (nSPS) is 22.6. The highest BCUT2D eigenvalue weighted by Crippen LogP contribution is 2.49. The lowest BCUT2D eigenvalue weighted by Gasteiger charge is -2.27. The number of piperidine rings is 1. The number of fused-ring (bicyclic) bond motifs is 2. The van der Waals surface area contributed by atoms with Crippen molar-refractivity contribution in [2.75, 3.05) is 13.1 Å². The molecule has 1 saturated heterocycles. The van der Waals surface area contributed by atoms with Gasteiger partial charge in [0.25, 0.3) is 0 Å². The first-order chi connectivity index (χ1) is 14.8. The Morgan fingerprint density at radius 3 is 2.81 bits per heavy atom. The second-order valence-electron chi connectivity index (χ2n) is 8.14. The summed E-state index contributed by atoms with van der Waals surface area (Å²) in [5, 5.41) is 3.26. The Hall–Kier alpha value is -3.01. The Morgan fingerprint density at radius 1 is 1.32 bits per heavy atom. The van der Waals surface area contributed by atoms with E-state index >= 15 is 0 Å². The number of Topliss-reactive ketones (excluding diaryl/α,β-unsaturated/α-hetero) is 1. The highest BCUT2D eigenvalue weighted by Gasteiger charge is 2.56. The van der Waals surface area contributed by atoms with Crippen LogP contribution in [0.5, 0.6) is 0 Å². The number of nitrogens with one attached hydrogen (secondary N) is 1. The molecule has 1 aliphatic heterocycles. The van der Waals surface area contributed by atoms with Gasteiger partial charge in [-0.3, -0.25) is 19.4 Å². The van der Waals surface area contributed by atoms with Crippen LogP contribution in [0.1, 0.15) is 36.0 Å². The molecule has 10 heteroatoms. The van der Waals surface area contributed by atoms with Crippen molar-refractivity contribution >= 4 is 45.1 Å². The van der Waals surface area contributed by atoms with Gasteiger partial charge in [0.2, 0.25) is 17.6 Å². The van der Waals surface area contributed by atoms with Crippen molar-refractivity contribution in [2.45, 2.75) is 38.3 Å². The van der Waals surface area contributed by atoms with E-state index in [2.05, 4.69) is 15.3 Å². The van der Waals surface area contributed by atoms with Crippen LogP contribution in [-0.4, -0.2) is 58.6 Å². The SMILES string of the molecule is CC(=O)N1CC2CC2C1C(=O)NC(CCCN=C(N)N)C(=O)c1nc2ccccc2s1. The number of amides is 2. The van der Waals surface area contributed by atoms with Gasteiger partial charge in [-0.15, -0.1) is 11.3 Å². The molecule has 5 N–H and O–H groups in total. The summed E-state index contributed by atoms with van der Waals surface area (Å²) in [5.74, 6) is -0.0702. The summed E-state index contributed by atoms with van der Waals surface area (Å²) in [4.78, 5) is 48.4. The minimum atomic E-state index is -0.756. The number of nitrogens with two attached hydrogens (primary N) is 2. The van der Waals surface area contributed by atoms with Crippen molar-refractivity contribution in [3.05, 3.63) is 29.3 Å². The zero-order chi connectivity index (χ0) is 22.1. The third kappa shape index (κ3) is 4.53. The van der Waals surface area contributed by atoms with Crippen molar-refractivity contribution < 1.29 is 14.4 Å². The Morgan fingerprint density at radius 2 is 2.10 bits per heavy atom. The van der Waals surface area contributed by atoms with Gasteiger partial charge >= 0.3 is 0 Å². The molecule has 4 atom stereocenters. The second kappa shape index (κ2) is 8.62. The fraction of sp³-hybridized carbons (Fsp3) is 0.476. The Labute approximate surface area is 183 Å². The van der Waals surface area contributed by atoms with Crippen molar-refractivity contribution in [1.82, 2.24) is 15.2 Å². The number of guanidine groups is 1. The van der Waals surface area contributed by atoms with Gasteiger partial charge in [-0.2, -0.15) is 0 Å². The molecule has 0 spiro atoms. The number of aliphatic imine (C=N–C) groups is 1. The number of carbonyl (C=O) groups is 3. The number of rotatable bonds is 8. The third-order valence-electron chi connectivity index (χ3n) is 5.91. The summed E-state index contributed by atoms with van der Waals surface area (Å²) in [6.45, 7) is 2.44. The maximum atomic E-state index is 13.3. The first-order valence-electron chi connectivity index (χ1n) is 10.4. The van der Waals surface area contributed by atoms with Crippen LogP contribution in [0.25, 0.3) is 10.2 Å². The van der Waals surface area contributed by atoms with Crippen molar-refractivity contribution in [1.29, 1.82) is 0 Å². The van der Waals surface area contributed by atoms with E-state index in [0.717, 1.165) is 16.6 Å². The van der Waals surface area contributed by atoms with Crippen LogP contribution in [0.2, 0.25) is 0 Å². The number of ketones is 1. The first kappa shape index (κ1) is 21.2. The fourth-order valence-corrected chi connectivity index (χ4v) is 5.24. The Balaban J connectivity index is 1.52. The highest BCUT2D eigenvalue weighted by molar-refractivity contribution is 7.20. The van der Waals surface area contributed by atoms with Crippen LogP contribution in [0, 0.1) is 11.8 Å². The molecule has 2 fully saturated rings. The quantitative estimate of drug-likeness (QED) is 0.240. The van der Waals surface area contributed by atoms with Gasteiger partial charge in [-0.1, -0.05) is 12.1 Å². The van der Waals surface area contributed by atoms with Crippen LogP contribution in [-0.2, 0) is 9.59 Å². The number of likely N-dealkylation sites (tertiary alicyclic amines) is 1. The van der Waals surface area contributed by atoms with Crippen molar-refractivity contribution in [3.8, 4) is 0 Å². The maximum Gasteiger partial charge on any atom is 0.243 e. The first-order valence-corrected chi connectivity index (χ1v) is 11.2. The molecule has 1 saturated carbocycles. The number of thiazole rings is 1. The van der Waals surface area contributed by atoms with Crippen LogP contribution in [0.4, 0.5) is 0 Å². The number of nitrogens with zero attached hydrogens (tertiary/aromatic N) is 3. The standard InChI is InChI=1S/C21H26N6O3S/c1-11(28)27-10-12-9-13(12)17(27)19(30)25-15(6-4-8-24-21(22)23)18(29)20-26-14-5-2-3-7-16(14)31-20/h2-3,5,7,12-13,15,17H,4,6,8-10H2,1H3,(H,25,30)(H4,22,23,24). The molecular weight excluding hydrogens is 416 g/mol. The molecule has 4 rings (SSSR count). The minimum absolute atomic E-state index is 0.0130. The predicted molar refractivity (Wildman–Crippen MR) is 119 cm³/mol. The highest BCUT2D eigenvalue weighted by atomic mass is 32.1. The third-order valence-corrected chi connectivity index (χ3v) is 6.96. The van der Waals surface area contributed by atoms with Crippen molar-refractivity contribution in [3.63, 3.8) is 0 Å². The van der Waals surface area contributed by atoms with E-state index in [1.165, 1.54) is 18.3 Å². The molecule has 1 aromatic heterocycles. The molecule has 0 radical (unpaired) electrons. The van der Waals surface area contributed by atoms with E-state index in [1.807, 2.05) is 24.3 Å². The summed E-state index contributed by atoms with van der Waals surface area (Å²) in [5.41, 5.74) is 11.5. The number of hydrogen-bond donors (Lipinski definition) is 3. The lowest BCUT2D eigenvalue weighted by molar-refractivity contribution is -0.138. The van der Waals surface area contributed by atoms with Crippen LogP contribution in [0.15, 0.2) is 29.3 Å². The van der Waals surface area contributed by atoms with Crippen LogP contribution < -0.4 is 16.8 Å². The summed E-state index contributed by atoms with van der Waals surface area (Å²) < 4.78 is 0.913. The molecule has 4 unspecified atom stereocenters. The van der Waals surface area contributed by atoms with E-state index in [0.29, 0.717) is 36.9 Å². The van der Waals surface area contributed by atoms with Crippen molar-refractivity contribution in [2.24, 2.45) is 28.3 Å². The number of carbonyl (C=O) groups excluding carboxylic acids is 3. The van der Waals surface area contributed by atoms with Gasteiger partial charge in [0, 0.05) is 20.0 Å². The fourth-order valence-electron chi connectivity index (χ4n) is 4.28. The molecule has 2 amide bonds. The molecule has 2 aliphatic rings.